The lowest BCUT2D eigenvalue weighted by Crippen LogP contribution is -2.29. The first-order chi connectivity index (χ1) is 9.26. The molecule has 0 saturated heterocycles. The van der Waals surface area contributed by atoms with E-state index in [2.05, 4.69) is 39.6 Å². The molecule has 0 aliphatic heterocycles. The maximum atomic E-state index is 3.67. The predicted molar refractivity (Wildman–Crippen MR) is 89.0 cm³/mol. The van der Waals surface area contributed by atoms with Crippen LogP contribution in [0.1, 0.15) is 56.7 Å². The molecule has 0 radical (unpaired) electrons. The molecule has 0 bridgehead atoms. The quantitative estimate of drug-likeness (QED) is 0.654. The van der Waals surface area contributed by atoms with E-state index in [9.17, 15) is 0 Å². The molecule has 1 saturated carbocycles. The van der Waals surface area contributed by atoms with Gasteiger partial charge in [-0.05, 0) is 78.0 Å². The van der Waals surface area contributed by atoms with Gasteiger partial charge in [0.05, 0.1) is 0 Å². The third kappa shape index (κ3) is 4.57. The molecule has 0 amide bonds. The van der Waals surface area contributed by atoms with E-state index in [-0.39, 0.29) is 0 Å². The fraction of sp³-hybridized carbons (Fsp3) is 0.750. The molecule has 0 atom stereocenters. The minimum Gasteiger partial charge on any atom is -0.317 e. The van der Waals surface area contributed by atoms with Crippen molar-refractivity contribution in [2.45, 2.75) is 58.3 Å². The minimum absolute atomic E-state index is 0.615. The van der Waals surface area contributed by atoms with Crippen LogP contribution in [0.5, 0.6) is 0 Å². The fourth-order valence-corrected chi connectivity index (χ4v) is 4.89. The maximum absolute atomic E-state index is 3.67. The van der Waals surface area contributed by atoms with Gasteiger partial charge in [-0.2, -0.15) is 0 Å². The van der Waals surface area contributed by atoms with Crippen LogP contribution in [0, 0.1) is 5.41 Å². The van der Waals surface area contributed by atoms with E-state index in [0.29, 0.717) is 5.41 Å². The third-order valence-corrected chi connectivity index (χ3v) is 6.56. The SMILES string of the molecule is CCNCCC1(CCc2sccc2Br)CCCCC1. The van der Waals surface area contributed by atoms with Gasteiger partial charge in [-0.25, -0.2) is 0 Å². The number of thiophene rings is 1. The Morgan fingerprint density at radius 3 is 2.68 bits per heavy atom. The summed E-state index contributed by atoms with van der Waals surface area (Å²) in [5.41, 5.74) is 0.615. The Hall–Kier alpha value is 0.140. The molecular weight excluding hydrogens is 318 g/mol. The van der Waals surface area contributed by atoms with E-state index in [4.69, 9.17) is 0 Å². The topological polar surface area (TPSA) is 12.0 Å². The van der Waals surface area contributed by atoms with Gasteiger partial charge in [0.1, 0.15) is 0 Å². The van der Waals surface area contributed by atoms with Gasteiger partial charge >= 0.3 is 0 Å². The average Bonchev–Trinajstić information content (AvgIpc) is 2.84. The van der Waals surface area contributed by atoms with E-state index in [0.717, 1.165) is 6.54 Å². The first-order valence-electron chi connectivity index (χ1n) is 7.68. The lowest BCUT2D eigenvalue weighted by atomic mass is 9.69. The van der Waals surface area contributed by atoms with E-state index in [1.165, 1.54) is 67.3 Å². The standard InChI is InChI=1S/C16H26BrNS/c1-2-18-12-11-16(8-4-3-5-9-16)10-6-15-14(17)7-13-19-15/h7,13,18H,2-6,8-12H2,1H3. The highest BCUT2D eigenvalue weighted by Gasteiger charge is 2.31. The normalized spacial score (nSPS) is 18.6. The average molecular weight is 344 g/mol. The van der Waals surface area contributed by atoms with Gasteiger partial charge in [0.25, 0.3) is 0 Å². The van der Waals surface area contributed by atoms with Gasteiger partial charge in [0.2, 0.25) is 0 Å². The summed E-state index contributed by atoms with van der Waals surface area (Å²) in [6.07, 6.45) is 11.2. The van der Waals surface area contributed by atoms with Gasteiger partial charge in [0.15, 0.2) is 0 Å². The molecule has 108 valence electrons. The summed E-state index contributed by atoms with van der Waals surface area (Å²) >= 11 is 5.57. The lowest BCUT2D eigenvalue weighted by molar-refractivity contribution is 0.157. The smallest absolute Gasteiger partial charge is 0.0314 e. The summed E-state index contributed by atoms with van der Waals surface area (Å²) in [6.45, 7) is 4.50. The molecule has 1 aromatic heterocycles. The first-order valence-corrected chi connectivity index (χ1v) is 9.36. The van der Waals surface area contributed by atoms with Crippen LogP contribution >= 0.6 is 27.3 Å². The van der Waals surface area contributed by atoms with E-state index in [1.54, 1.807) is 0 Å². The van der Waals surface area contributed by atoms with Gasteiger partial charge in [0, 0.05) is 9.35 Å². The zero-order valence-electron chi connectivity index (χ0n) is 12.0. The molecular formula is C16H26BrNS. The Balaban J connectivity index is 1.91. The Bertz CT molecular complexity index is 369. The van der Waals surface area contributed by atoms with Gasteiger partial charge in [-0.3, -0.25) is 0 Å². The summed E-state index contributed by atoms with van der Waals surface area (Å²) in [7, 11) is 0. The molecule has 1 fully saturated rings. The van der Waals surface area contributed by atoms with Crippen molar-refractivity contribution in [1.29, 1.82) is 0 Å². The molecule has 0 aromatic carbocycles. The summed E-state index contributed by atoms with van der Waals surface area (Å²) < 4.78 is 1.31. The van der Waals surface area contributed by atoms with Crippen LogP contribution in [0.2, 0.25) is 0 Å². The minimum atomic E-state index is 0.615. The van der Waals surface area contributed by atoms with Crippen LogP contribution in [0.25, 0.3) is 0 Å². The molecule has 1 aromatic rings. The molecule has 0 spiro atoms. The van der Waals surface area contributed by atoms with Gasteiger partial charge < -0.3 is 5.32 Å². The zero-order valence-corrected chi connectivity index (χ0v) is 14.4. The van der Waals surface area contributed by atoms with Crippen LogP contribution in [0.4, 0.5) is 0 Å². The fourth-order valence-electron chi connectivity index (χ4n) is 3.34. The first kappa shape index (κ1) is 15.5. The Labute approximate surface area is 130 Å². The maximum Gasteiger partial charge on any atom is 0.0314 e. The summed E-state index contributed by atoms with van der Waals surface area (Å²) in [6, 6.07) is 2.19. The van der Waals surface area contributed by atoms with Crippen molar-refractivity contribution >= 4 is 27.3 Å². The highest BCUT2D eigenvalue weighted by atomic mass is 79.9. The molecule has 1 N–H and O–H groups in total. The number of hydrogen-bond donors (Lipinski definition) is 1. The molecule has 2 rings (SSSR count). The second-order valence-corrected chi connectivity index (χ2v) is 7.71. The summed E-state index contributed by atoms with van der Waals surface area (Å²) in [4.78, 5) is 1.54. The number of aryl methyl sites for hydroxylation is 1. The highest BCUT2D eigenvalue weighted by Crippen LogP contribution is 2.43. The molecule has 1 nitrogen and oxygen atoms in total. The van der Waals surface area contributed by atoms with E-state index >= 15 is 0 Å². The van der Waals surface area contributed by atoms with Crippen LogP contribution < -0.4 is 5.32 Å². The summed E-state index contributed by atoms with van der Waals surface area (Å²) in [5, 5.41) is 5.72. The van der Waals surface area contributed by atoms with Gasteiger partial charge in [-0.1, -0.05) is 26.2 Å². The molecule has 19 heavy (non-hydrogen) atoms. The Morgan fingerprint density at radius 1 is 1.26 bits per heavy atom. The molecule has 1 aliphatic rings. The monoisotopic (exact) mass is 343 g/mol. The summed E-state index contributed by atoms with van der Waals surface area (Å²) in [5.74, 6) is 0. The van der Waals surface area contributed by atoms with Crippen molar-refractivity contribution in [1.82, 2.24) is 5.32 Å². The largest absolute Gasteiger partial charge is 0.317 e. The molecule has 1 heterocycles. The van der Waals surface area contributed by atoms with E-state index in [1.807, 2.05) is 11.3 Å². The second kappa shape index (κ2) is 7.80. The van der Waals surface area contributed by atoms with Crippen molar-refractivity contribution < 1.29 is 0 Å². The molecule has 3 heteroatoms. The van der Waals surface area contributed by atoms with Crippen LogP contribution in [-0.2, 0) is 6.42 Å². The van der Waals surface area contributed by atoms with Crippen LogP contribution in [0.15, 0.2) is 15.9 Å². The van der Waals surface area contributed by atoms with Crippen molar-refractivity contribution in [3.63, 3.8) is 0 Å². The van der Waals surface area contributed by atoms with Crippen LogP contribution in [0.3, 0.4) is 0 Å². The van der Waals surface area contributed by atoms with Crippen molar-refractivity contribution in [2.75, 3.05) is 13.1 Å². The van der Waals surface area contributed by atoms with Gasteiger partial charge in [-0.15, -0.1) is 11.3 Å². The lowest BCUT2D eigenvalue weighted by Gasteiger charge is -2.38. The molecule has 0 unspecified atom stereocenters. The third-order valence-electron chi connectivity index (χ3n) is 4.57. The Morgan fingerprint density at radius 2 is 2.05 bits per heavy atom. The van der Waals surface area contributed by atoms with E-state index < -0.39 is 0 Å². The number of hydrogen-bond acceptors (Lipinski definition) is 2. The van der Waals surface area contributed by atoms with Crippen LogP contribution in [-0.4, -0.2) is 13.1 Å². The number of halogens is 1. The zero-order chi connectivity index (χ0) is 13.6. The number of rotatable bonds is 7. The van der Waals surface area contributed by atoms with Crippen molar-refractivity contribution in [3.05, 3.63) is 20.8 Å². The Kier molecular flexibility index (Phi) is 6.37. The second-order valence-electron chi connectivity index (χ2n) is 5.86. The predicted octanol–water partition coefficient (Wildman–Crippen LogP) is 5.39. The van der Waals surface area contributed by atoms with Crippen molar-refractivity contribution in [2.24, 2.45) is 5.41 Å². The van der Waals surface area contributed by atoms with Crippen molar-refractivity contribution in [3.8, 4) is 0 Å². The molecule has 1 aliphatic carbocycles. The highest BCUT2D eigenvalue weighted by molar-refractivity contribution is 9.10. The number of nitrogens with one attached hydrogen (secondary N) is 1.